The molecule has 4 rings (SSSR count). The Hall–Kier alpha value is -2.77. The number of hydrogen-bond acceptors (Lipinski definition) is 3. The van der Waals surface area contributed by atoms with Gasteiger partial charge in [0.05, 0.1) is 23.3 Å². The summed E-state index contributed by atoms with van der Waals surface area (Å²) >= 11 is 0. The third kappa shape index (κ3) is 4.20. The fourth-order valence-electron chi connectivity index (χ4n) is 4.11. The number of ether oxygens (including phenoxy) is 1. The first-order valence-corrected chi connectivity index (χ1v) is 10.2. The molecule has 1 heterocycles. The van der Waals surface area contributed by atoms with E-state index in [0.29, 0.717) is 36.7 Å². The van der Waals surface area contributed by atoms with E-state index in [1.807, 2.05) is 13.0 Å². The molecule has 1 aliphatic heterocycles. The third-order valence-electron chi connectivity index (χ3n) is 6.15. The van der Waals surface area contributed by atoms with Gasteiger partial charge in [0.25, 0.3) is 0 Å². The molecule has 1 fully saturated rings. The van der Waals surface area contributed by atoms with Gasteiger partial charge < -0.3 is 15.0 Å². The lowest BCUT2D eigenvalue weighted by atomic mass is 10.00. The fraction of sp³-hybridized carbons (Fsp3) is 0.435. The van der Waals surface area contributed by atoms with Crippen LogP contribution >= 0.6 is 0 Å². The van der Waals surface area contributed by atoms with Crippen molar-refractivity contribution in [2.24, 2.45) is 5.41 Å². The molecular weight excluding hydrogens is 412 g/mol. The Kier molecular flexibility index (Phi) is 5.35. The molecule has 31 heavy (non-hydrogen) atoms. The lowest BCUT2D eigenvalue weighted by Gasteiger charge is -2.33. The smallest absolute Gasteiger partial charge is 0.395 e. The summed E-state index contributed by atoms with van der Waals surface area (Å²) in [5.74, 6) is -0.331. The first-order chi connectivity index (χ1) is 14.6. The van der Waals surface area contributed by atoms with Crippen LogP contribution in [0.1, 0.15) is 36.0 Å². The Bertz CT molecular complexity index is 998. The molecule has 1 saturated carbocycles. The van der Waals surface area contributed by atoms with Crippen LogP contribution in [0.4, 0.5) is 28.9 Å². The van der Waals surface area contributed by atoms with Crippen molar-refractivity contribution in [3.8, 4) is 5.75 Å². The number of rotatable bonds is 5. The van der Waals surface area contributed by atoms with Crippen LogP contribution in [0, 0.1) is 25.1 Å². The predicted molar refractivity (Wildman–Crippen MR) is 110 cm³/mol. The van der Waals surface area contributed by atoms with Gasteiger partial charge in [-0.2, -0.15) is 13.2 Å². The van der Waals surface area contributed by atoms with Crippen molar-refractivity contribution in [3.63, 3.8) is 0 Å². The molecule has 0 unspecified atom stereocenters. The number of nitrogens with one attached hydrogen (secondary N) is 1. The Morgan fingerprint density at radius 2 is 1.87 bits per heavy atom. The molecule has 2 aliphatic rings. The van der Waals surface area contributed by atoms with Crippen molar-refractivity contribution in [2.45, 2.75) is 45.8 Å². The van der Waals surface area contributed by atoms with Gasteiger partial charge in [-0.1, -0.05) is 12.1 Å². The summed E-state index contributed by atoms with van der Waals surface area (Å²) in [6.07, 6.45) is -4.95. The fourth-order valence-corrected chi connectivity index (χ4v) is 4.11. The second-order valence-corrected chi connectivity index (χ2v) is 8.44. The molecule has 0 spiro atoms. The average molecular weight is 436 g/mol. The Morgan fingerprint density at radius 3 is 2.48 bits per heavy atom. The van der Waals surface area contributed by atoms with Gasteiger partial charge in [-0.3, -0.25) is 4.79 Å². The molecule has 0 bridgehead atoms. The van der Waals surface area contributed by atoms with Gasteiger partial charge in [0.1, 0.15) is 18.2 Å². The van der Waals surface area contributed by atoms with Gasteiger partial charge in [-0.25, -0.2) is 4.39 Å². The molecule has 1 amide bonds. The second-order valence-electron chi connectivity index (χ2n) is 8.44. The minimum Gasteiger partial charge on any atom is -0.489 e. The first-order valence-electron chi connectivity index (χ1n) is 10.2. The monoisotopic (exact) mass is 436 g/mol. The molecule has 0 aromatic heterocycles. The third-order valence-corrected chi connectivity index (χ3v) is 6.15. The highest BCUT2D eigenvalue weighted by molar-refractivity contribution is 5.94. The molecule has 2 aromatic carbocycles. The van der Waals surface area contributed by atoms with Crippen molar-refractivity contribution < 1.29 is 27.1 Å². The summed E-state index contributed by atoms with van der Waals surface area (Å²) in [6, 6.07) is 8.16. The highest BCUT2D eigenvalue weighted by Gasteiger charge is 2.63. The minimum absolute atomic E-state index is 0.00642. The maximum atomic E-state index is 13.2. The lowest BCUT2D eigenvalue weighted by Crippen LogP contribution is -2.33. The number of carbonyl (C=O) groups is 1. The number of anilines is 2. The largest absolute Gasteiger partial charge is 0.489 e. The van der Waals surface area contributed by atoms with Crippen molar-refractivity contribution in [2.75, 3.05) is 23.4 Å². The summed E-state index contributed by atoms with van der Waals surface area (Å²) < 4.78 is 58.6. The van der Waals surface area contributed by atoms with E-state index in [-0.39, 0.29) is 18.7 Å². The molecule has 8 heteroatoms. The van der Waals surface area contributed by atoms with Crippen molar-refractivity contribution >= 4 is 17.3 Å². The number of halogens is 4. The zero-order valence-corrected chi connectivity index (χ0v) is 17.4. The van der Waals surface area contributed by atoms with Crippen molar-refractivity contribution in [1.82, 2.24) is 0 Å². The van der Waals surface area contributed by atoms with Crippen LogP contribution in [0.15, 0.2) is 30.3 Å². The normalized spacial score (nSPS) is 17.0. The predicted octanol–water partition coefficient (Wildman–Crippen LogP) is 5.51. The Labute approximate surface area is 178 Å². The van der Waals surface area contributed by atoms with Crippen molar-refractivity contribution in [3.05, 3.63) is 52.8 Å². The number of alkyl halides is 3. The highest BCUT2D eigenvalue weighted by Crippen LogP contribution is 2.60. The van der Waals surface area contributed by atoms with E-state index in [0.717, 1.165) is 16.8 Å². The van der Waals surface area contributed by atoms with E-state index in [9.17, 15) is 22.4 Å². The Balaban J connectivity index is 1.55. The maximum Gasteiger partial charge on any atom is 0.395 e. The lowest BCUT2D eigenvalue weighted by molar-refractivity contribution is -0.189. The van der Waals surface area contributed by atoms with Gasteiger partial charge in [-0.05, 0) is 56.0 Å². The van der Waals surface area contributed by atoms with E-state index in [1.54, 1.807) is 19.1 Å². The number of amides is 1. The molecule has 0 atom stereocenters. The van der Waals surface area contributed by atoms with Gasteiger partial charge in [0.2, 0.25) is 5.91 Å². The zero-order chi connectivity index (χ0) is 22.4. The van der Waals surface area contributed by atoms with Crippen LogP contribution in [-0.4, -0.2) is 25.2 Å². The average Bonchev–Trinajstić information content (AvgIpc) is 3.48. The number of benzene rings is 2. The van der Waals surface area contributed by atoms with Crippen LogP contribution < -0.4 is 15.0 Å². The molecule has 4 nitrogen and oxygen atoms in total. The van der Waals surface area contributed by atoms with Gasteiger partial charge in [0.15, 0.2) is 0 Å². The SMILES string of the molecule is Cc1cc2c(c(C)c1NC(=O)CC1(C(F)(F)F)CC1)OCCN2Cc1ccc(F)cc1. The summed E-state index contributed by atoms with van der Waals surface area (Å²) in [6.45, 7) is 5.24. The van der Waals surface area contributed by atoms with Crippen LogP contribution in [0.2, 0.25) is 0 Å². The van der Waals surface area contributed by atoms with Crippen LogP contribution in [-0.2, 0) is 11.3 Å². The van der Waals surface area contributed by atoms with E-state index in [4.69, 9.17) is 4.74 Å². The number of aryl methyl sites for hydroxylation is 1. The molecule has 2 aromatic rings. The second kappa shape index (κ2) is 7.73. The quantitative estimate of drug-likeness (QED) is 0.629. The van der Waals surface area contributed by atoms with E-state index in [2.05, 4.69) is 10.2 Å². The zero-order valence-electron chi connectivity index (χ0n) is 17.4. The summed E-state index contributed by atoms with van der Waals surface area (Å²) in [5, 5.41) is 2.69. The summed E-state index contributed by atoms with van der Waals surface area (Å²) in [5.41, 5.74) is 1.84. The highest BCUT2D eigenvalue weighted by atomic mass is 19.4. The summed E-state index contributed by atoms with van der Waals surface area (Å²) in [7, 11) is 0. The molecular formula is C23H24F4N2O2. The van der Waals surface area contributed by atoms with Gasteiger partial charge in [0, 0.05) is 18.5 Å². The van der Waals surface area contributed by atoms with E-state index < -0.39 is 23.9 Å². The summed E-state index contributed by atoms with van der Waals surface area (Å²) in [4.78, 5) is 14.5. The molecule has 0 radical (unpaired) electrons. The van der Waals surface area contributed by atoms with Crippen LogP contribution in [0.25, 0.3) is 0 Å². The maximum absolute atomic E-state index is 13.2. The van der Waals surface area contributed by atoms with E-state index in [1.165, 1.54) is 12.1 Å². The molecule has 0 saturated heterocycles. The first kappa shape index (κ1) is 21.5. The van der Waals surface area contributed by atoms with E-state index >= 15 is 0 Å². The van der Waals surface area contributed by atoms with Crippen LogP contribution in [0.5, 0.6) is 5.75 Å². The van der Waals surface area contributed by atoms with Gasteiger partial charge >= 0.3 is 6.18 Å². The van der Waals surface area contributed by atoms with Crippen LogP contribution in [0.3, 0.4) is 0 Å². The number of fused-ring (bicyclic) bond motifs is 1. The number of nitrogens with zero attached hydrogens (tertiary/aromatic N) is 1. The molecule has 166 valence electrons. The number of hydrogen-bond donors (Lipinski definition) is 1. The number of carbonyl (C=O) groups excluding carboxylic acids is 1. The molecule has 1 aliphatic carbocycles. The topological polar surface area (TPSA) is 41.6 Å². The van der Waals surface area contributed by atoms with Gasteiger partial charge in [-0.15, -0.1) is 0 Å². The Morgan fingerprint density at radius 1 is 1.19 bits per heavy atom. The standard InChI is InChI=1S/C23H24F4N2O2/c1-14-11-18-21(31-10-9-29(18)13-16-3-5-17(24)6-4-16)15(2)20(14)28-19(30)12-22(7-8-22)23(25,26)27/h3-6,11H,7-10,12-13H2,1-2H3,(H,28,30). The minimum atomic E-state index is -4.37. The van der Waals surface area contributed by atoms with Crippen molar-refractivity contribution in [1.29, 1.82) is 0 Å². The molecule has 1 N–H and O–H groups in total.